The van der Waals surface area contributed by atoms with Crippen LogP contribution < -0.4 is 15.2 Å². The Bertz CT molecular complexity index is 472. The zero-order valence-electron chi connectivity index (χ0n) is 14.0. The molecule has 1 aromatic carbocycles. The van der Waals surface area contributed by atoms with E-state index in [4.69, 9.17) is 15.2 Å². The van der Waals surface area contributed by atoms with Crippen molar-refractivity contribution in [2.75, 3.05) is 7.11 Å². The predicted octanol–water partition coefficient (Wildman–Crippen LogP) is 4.31. The van der Waals surface area contributed by atoms with Gasteiger partial charge in [-0.05, 0) is 42.9 Å². The summed E-state index contributed by atoms with van der Waals surface area (Å²) in [5, 5.41) is 0. The van der Waals surface area contributed by atoms with Gasteiger partial charge in [-0.1, -0.05) is 27.7 Å². The van der Waals surface area contributed by atoms with Crippen molar-refractivity contribution in [2.45, 2.75) is 58.6 Å². The highest BCUT2D eigenvalue weighted by Crippen LogP contribution is 2.45. The third-order valence-corrected chi connectivity index (χ3v) is 4.10. The normalized spacial score (nSPS) is 20.3. The Kier molecular flexibility index (Phi) is 4.82. The molecule has 1 atom stereocenters. The van der Waals surface area contributed by atoms with E-state index in [0.29, 0.717) is 11.8 Å². The van der Waals surface area contributed by atoms with Crippen molar-refractivity contribution in [3.8, 4) is 11.5 Å². The van der Waals surface area contributed by atoms with Crippen molar-refractivity contribution in [2.24, 2.45) is 17.6 Å². The molecule has 1 aromatic rings. The molecule has 2 N–H and O–H groups in total. The van der Waals surface area contributed by atoms with Crippen molar-refractivity contribution >= 4 is 0 Å². The van der Waals surface area contributed by atoms with Gasteiger partial charge in [0, 0.05) is 18.0 Å². The number of hydrogen-bond acceptors (Lipinski definition) is 3. The molecule has 0 aliphatic carbocycles. The number of hydrogen-bond donors (Lipinski definition) is 1. The third-order valence-electron chi connectivity index (χ3n) is 4.10. The molecular formula is C18H29NO2. The van der Waals surface area contributed by atoms with Crippen LogP contribution in [0.1, 0.15) is 58.6 Å². The Labute approximate surface area is 128 Å². The first-order valence-corrected chi connectivity index (χ1v) is 7.98. The maximum absolute atomic E-state index is 6.48. The van der Waals surface area contributed by atoms with E-state index in [-0.39, 0.29) is 11.6 Å². The lowest BCUT2D eigenvalue weighted by Crippen LogP contribution is -2.45. The molecule has 0 saturated heterocycles. The van der Waals surface area contributed by atoms with Crippen LogP contribution in [0.5, 0.6) is 11.5 Å². The van der Waals surface area contributed by atoms with E-state index < -0.39 is 0 Å². The van der Waals surface area contributed by atoms with Crippen LogP contribution in [-0.4, -0.2) is 12.7 Å². The van der Waals surface area contributed by atoms with Crippen molar-refractivity contribution in [1.82, 2.24) is 0 Å². The van der Waals surface area contributed by atoms with Gasteiger partial charge in [0.05, 0.1) is 7.11 Å². The van der Waals surface area contributed by atoms with E-state index in [0.717, 1.165) is 36.3 Å². The molecule has 1 heterocycles. The monoisotopic (exact) mass is 291 g/mol. The number of benzene rings is 1. The smallest absolute Gasteiger partial charge is 0.125 e. The highest BCUT2D eigenvalue weighted by atomic mass is 16.5. The minimum absolute atomic E-state index is 0.0151. The molecule has 0 bridgehead atoms. The average molecular weight is 291 g/mol. The molecule has 0 radical (unpaired) electrons. The first-order valence-electron chi connectivity index (χ1n) is 7.98. The Morgan fingerprint density at radius 2 is 1.86 bits per heavy atom. The summed E-state index contributed by atoms with van der Waals surface area (Å²) in [7, 11) is 1.68. The zero-order chi connectivity index (χ0) is 15.6. The Balaban J connectivity index is 2.34. The molecule has 0 spiro atoms. The first-order chi connectivity index (χ1) is 9.85. The fourth-order valence-corrected chi connectivity index (χ4v) is 3.64. The Morgan fingerprint density at radius 1 is 1.24 bits per heavy atom. The van der Waals surface area contributed by atoms with Crippen LogP contribution in [-0.2, 0) is 0 Å². The minimum Gasteiger partial charge on any atom is -0.497 e. The van der Waals surface area contributed by atoms with Crippen LogP contribution in [0.15, 0.2) is 18.2 Å². The van der Waals surface area contributed by atoms with Gasteiger partial charge in [-0.25, -0.2) is 0 Å². The summed E-state index contributed by atoms with van der Waals surface area (Å²) in [5.74, 6) is 2.95. The molecule has 118 valence electrons. The van der Waals surface area contributed by atoms with Crippen molar-refractivity contribution < 1.29 is 9.47 Å². The van der Waals surface area contributed by atoms with Gasteiger partial charge in [0.1, 0.15) is 17.1 Å². The molecule has 0 saturated carbocycles. The van der Waals surface area contributed by atoms with Gasteiger partial charge in [0.2, 0.25) is 0 Å². The van der Waals surface area contributed by atoms with E-state index in [9.17, 15) is 0 Å². The Morgan fingerprint density at radius 3 is 2.38 bits per heavy atom. The van der Waals surface area contributed by atoms with Crippen LogP contribution in [0.3, 0.4) is 0 Å². The number of ether oxygens (including phenoxy) is 2. The van der Waals surface area contributed by atoms with E-state index in [1.54, 1.807) is 7.11 Å². The second-order valence-electron chi connectivity index (χ2n) is 7.20. The average Bonchev–Trinajstić information content (AvgIpc) is 2.36. The molecule has 2 rings (SSSR count). The zero-order valence-corrected chi connectivity index (χ0v) is 14.0. The summed E-state index contributed by atoms with van der Waals surface area (Å²) in [5.41, 5.74) is 7.39. The van der Waals surface area contributed by atoms with Crippen LogP contribution in [0, 0.1) is 11.8 Å². The van der Waals surface area contributed by atoms with Crippen LogP contribution in [0.4, 0.5) is 0 Å². The Hall–Kier alpha value is -1.22. The maximum Gasteiger partial charge on any atom is 0.125 e. The second kappa shape index (κ2) is 6.27. The summed E-state index contributed by atoms with van der Waals surface area (Å²) in [6, 6.07) is 5.98. The van der Waals surface area contributed by atoms with E-state index in [2.05, 4.69) is 27.7 Å². The summed E-state index contributed by atoms with van der Waals surface area (Å²) in [4.78, 5) is 0. The standard InChI is InChI=1S/C18H29NO2/c1-12(2)9-18(10-13(3)4)11-16(19)15-8-14(20-5)6-7-17(15)21-18/h6-8,12-13,16H,9-11,19H2,1-5H3/t16-/m1/s1. The van der Waals surface area contributed by atoms with Gasteiger partial charge >= 0.3 is 0 Å². The predicted molar refractivity (Wildman–Crippen MR) is 86.8 cm³/mol. The summed E-state index contributed by atoms with van der Waals surface area (Å²) in [6.07, 6.45) is 2.97. The molecule has 0 unspecified atom stereocenters. The van der Waals surface area contributed by atoms with Crippen molar-refractivity contribution in [3.05, 3.63) is 23.8 Å². The van der Waals surface area contributed by atoms with Crippen LogP contribution in [0.25, 0.3) is 0 Å². The van der Waals surface area contributed by atoms with Gasteiger partial charge < -0.3 is 15.2 Å². The molecule has 3 heteroatoms. The lowest BCUT2D eigenvalue weighted by Gasteiger charge is -2.43. The largest absolute Gasteiger partial charge is 0.497 e. The molecule has 0 aromatic heterocycles. The van der Waals surface area contributed by atoms with Gasteiger partial charge in [0.25, 0.3) is 0 Å². The van der Waals surface area contributed by atoms with E-state index in [1.165, 1.54) is 0 Å². The van der Waals surface area contributed by atoms with Crippen LogP contribution in [0.2, 0.25) is 0 Å². The second-order valence-corrected chi connectivity index (χ2v) is 7.20. The summed E-state index contributed by atoms with van der Waals surface area (Å²) >= 11 is 0. The molecule has 3 nitrogen and oxygen atoms in total. The van der Waals surface area contributed by atoms with Gasteiger partial charge in [0.15, 0.2) is 0 Å². The number of fused-ring (bicyclic) bond motifs is 1. The third kappa shape index (κ3) is 3.70. The van der Waals surface area contributed by atoms with Gasteiger partial charge in [-0.3, -0.25) is 0 Å². The molecule has 21 heavy (non-hydrogen) atoms. The summed E-state index contributed by atoms with van der Waals surface area (Å²) in [6.45, 7) is 9.00. The molecule has 1 aliphatic heterocycles. The van der Waals surface area contributed by atoms with E-state index in [1.807, 2.05) is 18.2 Å². The molecule has 0 amide bonds. The number of methoxy groups -OCH3 is 1. The van der Waals surface area contributed by atoms with Gasteiger partial charge in [-0.15, -0.1) is 0 Å². The number of nitrogens with two attached hydrogens (primary N) is 1. The van der Waals surface area contributed by atoms with Gasteiger partial charge in [-0.2, -0.15) is 0 Å². The molecule has 0 fully saturated rings. The number of rotatable bonds is 5. The highest BCUT2D eigenvalue weighted by molar-refractivity contribution is 5.44. The lowest BCUT2D eigenvalue weighted by molar-refractivity contribution is -0.00170. The molecular weight excluding hydrogens is 262 g/mol. The maximum atomic E-state index is 6.48. The quantitative estimate of drug-likeness (QED) is 0.879. The fourth-order valence-electron chi connectivity index (χ4n) is 3.64. The van der Waals surface area contributed by atoms with Crippen molar-refractivity contribution in [3.63, 3.8) is 0 Å². The minimum atomic E-state index is -0.136. The highest BCUT2D eigenvalue weighted by Gasteiger charge is 2.40. The SMILES string of the molecule is COc1ccc2c(c1)[C@H](N)CC(CC(C)C)(CC(C)C)O2. The first kappa shape index (κ1) is 16.2. The fraction of sp³-hybridized carbons (Fsp3) is 0.667. The topological polar surface area (TPSA) is 44.5 Å². The van der Waals surface area contributed by atoms with Crippen LogP contribution >= 0.6 is 0 Å². The van der Waals surface area contributed by atoms with Crippen molar-refractivity contribution in [1.29, 1.82) is 0 Å². The van der Waals surface area contributed by atoms with E-state index >= 15 is 0 Å². The molecule has 1 aliphatic rings. The summed E-state index contributed by atoms with van der Waals surface area (Å²) < 4.78 is 11.8. The lowest BCUT2D eigenvalue weighted by atomic mass is 9.77.